The molecule has 0 fully saturated rings. The zero-order valence-electron chi connectivity index (χ0n) is 12.4. The van der Waals surface area contributed by atoms with Crippen molar-refractivity contribution in [2.75, 3.05) is 0 Å². The molecule has 0 spiro atoms. The number of rotatable bonds is 6. The van der Waals surface area contributed by atoms with Gasteiger partial charge < -0.3 is 4.74 Å². The van der Waals surface area contributed by atoms with Crippen LogP contribution in [0.5, 0.6) is 11.5 Å². The minimum absolute atomic E-state index is 0.00272. The van der Waals surface area contributed by atoms with Crippen LogP contribution < -0.4 is 4.74 Å². The van der Waals surface area contributed by atoms with Crippen LogP contribution in [-0.4, -0.2) is 5.78 Å². The maximum atomic E-state index is 11.6. The first-order valence-corrected chi connectivity index (χ1v) is 7.96. The van der Waals surface area contributed by atoms with E-state index in [9.17, 15) is 4.79 Å². The number of hydrogen-bond acceptors (Lipinski definition) is 2. The molecule has 0 radical (unpaired) electrons. The Hall–Kier alpha value is -1.61. The van der Waals surface area contributed by atoms with Gasteiger partial charge in [-0.2, -0.15) is 0 Å². The van der Waals surface area contributed by atoms with Crippen molar-refractivity contribution in [3.05, 3.63) is 58.1 Å². The Balaban J connectivity index is 2.18. The summed E-state index contributed by atoms with van der Waals surface area (Å²) in [4.78, 5) is 11.6. The molecule has 110 valence electrons. The van der Waals surface area contributed by atoms with Gasteiger partial charge in [-0.1, -0.05) is 41.4 Å². The highest BCUT2D eigenvalue weighted by Gasteiger charge is 2.10. The van der Waals surface area contributed by atoms with E-state index in [4.69, 9.17) is 4.74 Å². The van der Waals surface area contributed by atoms with Gasteiger partial charge in [0, 0.05) is 4.47 Å². The molecule has 0 aliphatic heterocycles. The van der Waals surface area contributed by atoms with Crippen LogP contribution >= 0.6 is 15.9 Å². The van der Waals surface area contributed by atoms with E-state index in [1.807, 2.05) is 24.3 Å². The second-order valence-corrected chi connectivity index (χ2v) is 5.96. The molecule has 0 heterocycles. The van der Waals surface area contributed by atoms with Crippen LogP contribution in [0.1, 0.15) is 42.6 Å². The van der Waals surface area contributed by atoms with Gasteiger partial charge in [-0.25, -0.2) is 0 Å². The van der Waals surface area contributed by atoms with Crippen molar-refractivity contribution in [3.63, 3.8) is 0 Å². The first-order chi connectivity index (χ1) is 10.1. The van der Waals surface area contributed by atoms with Crippen LogP contribution in [0.15, 0.2) is 46.9 Å². The summed E-state index contributed by atoms with van der Waals surface area (Å²) in [6.07, 6.45) is 3.48. The maximum absolute atomic E-state index is 11.6. The molecule has 0 N–H and O–H groups in total. The molecule has 0 saturated heterocycles. The van der Waals surface area contributed by atoms with Gasteiger partial charge in [0.05, 0.1) is 5.56 Å². The summed E-state index contributed by atoms with van der Waals surface area (Å²) in [5.74, 6) is 1.33. The van der Waals surface area contributed by atoms with Gasteiger partial charge in [-0.3, -0.25) is 4.79 Å². The minimum atomic E-state index is -0.00272. The molecule has 2 aromatic carbocycles. The zero-order chi connectivity index (χ0) is 15.2. The lowest BCUT2D eigenvalue weighted by Crippen LogP contribution is -1.97. The predicted octanol–water partition coefficient (Wildman–Crippen LogP) is 5.79. The van der Waals surface area contributed by atoms with E-state index in [2.05, 4.69) is 35.0 Å². The van der Waals surface area contributed by atoms with Crippen LogP contribution in [0.25, 0.3) is 0 Å². The molecule has 3 heteroatoms. The van der Waals surface area contributed by atoms with E-state index in [0.717, 1.165) is 16.6 Å². The van der Waals surface area contributed by atoms with Gasteiger partial charge >= 0.3 is 0 Å². The average Bonchev–Trinajstić information content (AvgIpc) is 2.46. The first-order valence-electron chi connectivity index (χ1n) is 7.17. The van der Waals surface area contributed by atoms with Gasteiger partial charge in [0.2, 0.25) is 0 Å². The smallest absolute Gasteiger partial charge is 0.163 e. The fraction of sp³-hybridized carbons (Fsp3) is 0.278. The SMILES string of the molecule is CCCCc1ccc(Oc2cc(Br)ccc2C(C)=O)cc1. The van der Waals surface area contributed by atoms with Crippen molar-refractivity contribution >= 4 is 21.7 Å². The second kappa shape index (κ2) is 7.41. The number of Topliss-reactive ketones (excluding diaryl/α,β-unsaturated/α-hetero) is 1. The lowest BCUT2D eigenvalue weighted by atomic mass is 10.1. The Morgan fingerprint density at radius 3 is 2.48 bits per heavy atom. The van der Waals surface area contributed by atoms with Crippen LogP contribution in [0.2, 0.25) is 0 Å². The van der Waals surface area contributed by atoms with Crippen molar-refractivity contribution in [1.29, 1.82) is 0 Å². The number of carbonyl (C=O) groups excluding carboxylic acids is 1. The molecule has 2 aromatic rings. The van der Waals surface area contributed by atoms with Gasteiger partial charge in [-0.05, 0) is 55.7 Å². The van der Waals surface area contributed by atoms with E-state index < -0.39 is 0 Å². The number of ketones is 1. The summed E-state index contributed by atoms with van der Waals surface area (Å²) in [5.41, 5.74) is 1.90. The Bertz CT molecular complexity index is 618. The van der Waals surface area contributed by atoms with Crippen LogP contribution in [-0.2, 0) is 6.42 Å². The van der Waals surface area contributed by atoms with E-state index in [1.54, 1.807) is 13.0 Å². The number of halogens is 1. The Kier molecular flexibility index (Phi) is 5.57. The maximum Gasteiger partial charge on any atom is 0.163 e. The molecule has 21 heavy (non-hydrogen) atoms. The molecule has 0 aliphatic carbocycles. The predicted molar refractivity (Wildman–Crippen MR) is 89.3 cm³/mol. The normalized spacial score (nSPS) is 10.4. The third-order valence-electron chi connectivity index (χ3n) is 3.29. The fourth-order valence-electron chi connectivity index (χ4n) is 2.10. The number of carbonyl (C=O) groups is 1. The highest BCUT2D eigenvalue weighted by Crippen LogP contribution is 2.29. The van der Waals surface area contributed by atoms with Crippen LogP contribution in [0.3, 0.4) is 0 Å². The molecule has 2 nitrogen and oxygen atoms in total. The van der Waals surface area contributed by atoms with E-state index in [0.29, 0.717) is 11.3 Å². The quantitative estimate of drug-likeness (QED) is 0.619. The van der Waals surface area contributed by atoms with E-state index in [1.165, 1.54) is 18.4 Å². The van der Waals surface area contributed by atoms with Crippen LogP contribution in [0, 0.1) is 0 Å². The van der Waals surface area contributed by atoms with Crippen molar-refractivity contribution in [2.24, 2.45) is 0 Å². The third-order valence-corrected chi connectivity index (χ3v) is 3.79. The molecule has 0 aliphatic rings. The molecule has 0 bridgehead atoms. The largest absolute Gasteiger partial charge is 0.457 e. The lowest BCUT2D eigenvalue weighted by molar-refractivity contribution is 0.101. The summed E-state index contributed by atoms with van der Waals surface area (Å²) >= 11 is 3.41. The van der Waals surface area contributed by atoms with Crippen LogP contribution in [0.4, 0.5) is 0 Å². The number of benzene rings is 2. The van der Waals surface area contributed by atoms with Crippen molar-refractivity contribution in [1.82, 2.24) is 0 Å². The molecule has 0 unspecified atom stereocenters. The molecule has 2 rings (SSSR count). The van der Waals surface area contributed by atoms with Gasteiger partial charge in [0.25, 0.3) is 0 Å². The fourth-order valence-corrected chi connectivity index (χ4v) is 2.44. The van der Waals surface area contributed by atoms with Crippen molar-refractivity contribution < 1.29 is 9.53 Å². The number of ether oxygens (including phenoxy) is 1. The first kappa shape index (κ1) is 15.8. The highest BCUT2D eigenvalue weighted by atomic mass is 79.9. The molecule has 0 amide bonds. The summed E-state index contributed by atoms with van der Waals surface area (Å²) < 4.78 is 6.75. The topological polar surface area (TPSA) is 26.3 Å². The zero-order valence-corrected chi connectivity index (χ0v) is 13.9. The van der Waals surface area contributed by atoms with Gasteiger partial charge in [-0.15, -0.1) is 0 Å². The second-order valence-electron chi connectivity index (χ2n) is 5.05. The summed E-state index contributed by atoms with van der Waals surface area (Å²) in [5, 5.41) is 0. The number of aryl methyl sites for hydroxylation is 1. The number of unbranched alkanes of at least 4 members (excludes halogenated alkanes) is 1. The standard InChI is InChI=1S/C18H19BrO2/c1-3-4-5-14-6-9-16(10-7-14)21-18-12-15(19)8-11-17(18)13(2)20/h6-12H,3-5H2,1-2H3. The van der Waals surface area contributed by atoms with Gasteiger partial charge in [0.1, 0.15) is 11.5 Å². The van der Waals surface area contributed by atoms with E-state index >= 15 is 0 Å². The number of hydrogen-bond donors (Lipinski definition) is 0. The monoisotopic (exact) mass is 346 g/mol. The molecular formula is C18H19BrO2. The Labute approximate surface area is 134 Å². The Morgan fingerprint density at radius 2 is 1.86 bits per heavy atom. The van der Waals surface area contributed by atoms with Gasteiger partial charge in [0.15, 0.2) is 5.78 Å². The minimum Gasteiger partial charge on any atom is -0.457 e. The Morgan fingerprint density at radius 1 is 1.14 bits per heavy atom. The summed E-state index contributed by atoms with van der Waals surface area (Å²) in [7, 11) is 0. The molecule has 0 atom stereocenters. The third kappa shape index (κ3) is 4.43. The molecule has 0 saturated carbocycles. The molecular weight excluding hydrogens is 328 g/mol. The summed E-state index contributed by atoms with van der Waals surface area (Å²) in [6, 6.07) is 13.5. The lowest BCUT2D eigenvalue weighted by Gasteiger charge is -2.10. The average molecular weight is 347 g/mol. The van der Waals surface area contributed by atoms with Crippen molar-refractivity contribution in [3.8, 4) is 11.5 Å². The molecule has 0 aromatic heterocycles. The summed E-state index contributed by atoms with van der Waals surface area (Å²) in [6.45, 7) is 3.73. The van der Waals surface area contributed by atoms with Crippen molar-refractivity contribution in [2.45, 2.75) is 33.1 Å². The highest BCUT2D eigenvalue weighted by molar-refractivity contribution is 9.10. The van der Waals surface area contributed by atoms with E-state index in [-0.39, 0.29) is 5.78 Å².